The average Bonchev–Trinajstić information content (AvgIpc) is 2.42. The third kappa shape index (κ3) is 3.57. The van der Waals surface area contributed by atoms with E-state index in [9.17, 15) is 10.1 Å². The maximum Gasteiger partial charge on any atom is 0.313 e. The number of rotatable bonds is 4. The van der Waals surface area contributed by atoms with Crippen LogP contribution in [0.4, 0.5) is 5.69 Å². The maximum atomic E-state index is 11.0. The van der Waals surface area contributed by atoms with Crippen LogP contribution < -0.4 is 4.74 Å². The normalized spacial score (nSPS) is 10.5. The molecule has 8 heteroatoms. The van der Waals surface area contributed by atoms with Gasteiger partial charge in [0.15, 0.2) is 0 Å². The summed E-state index contributed by atoms with van der Waals surface area (Å²) < 4.78 is 5.44. The monoisotopic (exact) mass is 347 g/mol. The first-order chi connectivity index (χ1) is 9.92. The fourth-order valence-corrected chi connectivity index (χ4v) is 2.13. The Morgan fingerprint density at radius 3 is 2.33 bits per heavy atom. The van der Waals surface area contributed by atoms with Crippen LogP contribution in [0.25, 0.3) is 0 Å². The van der Waals surface area contributed by atoms with E-state index in [1.807, 2.05) is 0 Å². The number of nitro groups is 1. The van der Waals surface area contributed by atoms with Gasteiger partial charge in [-0.05, 0) is 17.7 Å². The van der Waals surface area contributed by atoms with E-state index < -0.39 is 4.92 Å². The zero-order valence-corrected chi connectivity index (χ0v) is 12.6. The quantitative estimate of drug-likeness (QED) is 0.634. The Labute approximate surface area is 134 Å². The molecule has 0 atom stereocenters. The molecule has 5 nitrogen and oxygen atoms in total. The molecule has 0 radical (unpaired) electrons. The molecule has 0 aromatic heterocycles. The highest BCUT2D eigenvalue weighted by molar-refractivity contribution is 6.42. The SMILES string of the molecule is O=[N+]([O-])c1cc(Cl)c(Cl)cc1Oc1ccc(CO)c(Cl)c1. The molecule has 2 rings (SSSR count). The highest BCUT2D eigenvalue weighted by Crippen LogP contribution is 2.38. The first-order valence-electron chi connectivity index (χ1n) is 5.63. The van der Waals surface area contributed by atoms with Crippen molar-refractivity contribution in [1.82, 2.24) is 0 Å². The van der Waals surface area contributed by atoms with Crippen LogP contribution in [-0.2, 0) is 6.61 Å². The van der Waals surface area contributed by atoms with Crippen molar-refractivity contribution in [3.63, 3.8) is 0 Å². The van der Waals surface area contributed by atoms with Crippen molar-refractivity contribution in [2.75, 3.05) is 0 Å². The summed E-state index contributed by atoms with van der Waals surface area (Å²) in [6.07, 6.45) is 0. The van der Waals surface area contributed by atoms with Gasteiger partial charge >= 0.3 is 5.69 Å². The third-order valence-corrected chi connectivity index (χ3v) is 3.70. The second kappa shape index (κ2) is 6.49. The highest BCUT2D eigenvalue weighted by atomic mass is 35.5. The lowest BCUT2D eigenvalue weighted by molar-refractivity contribution is -0.385. The zero-order valence-electron chi connectivity index (χ0n) is 10.3. The van der Waals surface area contributed by atoms with Gasteiger partial charge in [-0.25, -0.2) is 0 Å². The van der Waals surface area contributed by atoms with E-state index in [2.05, 4.69) is 0 Å². The van der Waals surface area contributed by atoms with Crippen LogP contribution in [0.5, 0.6) is 11.5 Å². The summed E-state index contributed by atoms with van der Waals surface area (Å²) in [5.41, 5.74) is 0.208. The van der Waals surface area contributed by atoms with Crippen molar-refractivity contribution in [3.05, 3.63) is 61.1 Å². The molecule has 0 aliphatic carbocycles. The van der Waals surface area contributed by atoms with Crippen molar-refractivity contribution in [1.29, 1.82) is 0 Å². The lowest BCUT2D eigenvalue weighted by Crippen LogP contribution is -1.94. The number of hydrogen-bond donors (Lipinski definition) is 1. The minimum Gasteiger partial charge on any atom is -0.450 e. The number of nitro benzene ring substituents is 1. The Morgan fingerprint density at radius 1 is 1.10 bits per heavy atom. The molecule has 0 heterocycles. The molecule has 0 saturated carbocycles. The topological polar surface area (TPSA) is 72.6 Å². The summed E-state index contributed by atoms with van der Waals surface area (Å²) in [4.78, 5) is 10.4. The van der Waals surface area contributed by atoms with Crippen LogP contribution in [0.1, 0.15) is 5.56 Å². The van der Waals surface area contributed by atoms with Crippen molar-refractivity contribution in [3.8, 4) is 11.5 Å². The molecular weight excluding hydrogens is 341 g/mol. The number of halogens is 3. The molecule has 0 amide bonds. The second-order valence-electron chi connectivity index (χ2n) is 4.00. The molecule has 0 saturated heterocycles. The van der Waals surface area contributed by atoms with Gasteiger partial charge in [-0.2, -0.15) is 0 Å². The lowest BCUT2D eigenvalue weighted by Gasteiger charge is -2.09. The molecule has 21 heavy (non-hydrogen) atoms. The molecule has 0 fully saturated rings. The van der Waals surface area contributed by atoms with Gasteiger partial charge in [0, 0.05) is 17.2 Å². The summed E-state index contributed by atoms with van der Waals surface area (Å²) in [5.74, 6) is 0.223. The molecular formula is C13H8Cl3NO4. The fourth-order valence-electron chi connectivity index (χ4n) is 1.59. The molecule has 0 aliphatic heterocycles. The Hall–Kier alpha value is -1.53. The van der Waals surface area contributed by atoms with Crippen molar-refractivity contribution >= 4 is 40.5 Å². The van der Waals surface area contributed by atoms with E-state index in [1.165, 1.54) is 18.2 Å². The summed E-state index contributed by atoms with van der Waals surface area (Å²) in [5, 5.41) is 20.5. The summed E-state index contributed by atoms with van der Waals surface area (Å²) in [7, 11) is 0. The minimum atomic E-state index is -0.624. The largest absolute Gasteiger partial charge is 0.450 e. The van der Waals surface area contributed by atoms with Crippen molar-refractivity contribution < 1.29 is 14.8 Å². The lowest BCUT2D eigenvalue weighted by atomic mass is 10.2. The van der Waals surface area contributed by atoms with E-state index in [0.29, 0.717) is 5.56 Å². The molecule has 0 unspecified atom stereocenters. The van der Waals surface area contributed by atoms with Crippen LogP contribution >= 0.6 is 34.8 Å². The summed E-state index contributed by atoms with van der Waals surface area (Å²) >= 11 is 17.5. The number of aliphatic hydroxyl groups excluding tert-OH is 1. The van der Waals surface area contributed by atoms with E-state index in [-0.39, 0.29) is 38.9 Å². The first-order valence-corrected chi connectivity index (χ1v) is 6.76. The predicted octanol–water partition coefficient (Wildman–Crippen LogP) is 4.84. The number of aliphatic hydroxyl groups is 1. The van der Waals surface area contributed by atoms with E-state index in [4.69, 9.17) is 44.6 Å². The van der Waals surface area contributed by atoms with Gasteiger partial charge in [0.2, 0.25) is 5.75 Å². The zero-order chi connectivity index (χ0) is 15.6. The third-order valence-electron chi connectivity index (χ3n) is 2.62. The maximum absolute atomic E-state index is 11.0. The molecule has 2 aromatic carbocycles. The summed E-state index contributed by atoms with van der Waals surface area (Å²) in [6.45, 7) is -0.216. The predicted molar refractivity (Wildman–Crippen MR) is 80.6 cm³/mol. The Bertz CT molecular complexity index is 706. The van der Waals surface area contributed by atoms with Crippen LogP contribution in [0, 0.1) is 10.1 Å². The minimum absolute atomic E-state index is 0.0535. The number of nitrogens with zero attached hydrogens (tertiary/aromatic N) is 1. The average molecular weight is 349 g/mol. The highest BCUT2D eigenvalue weighted by Gasteiger charge is 2.19. The van der Waals surface area contributed by atoms with Gasteiger partial charge in [-0.1, -0.05) is 40.9 Å². The fraction of sp³-hybridized carbons (Fsp3) is 0.0769. The second-order valence-corrected chi connectivity index (χ2v) is 5.23. The summed E-state index contributed by atoms with van der Waals surface area (Å²) in [6, 6.07) is 6.91. The Kier molecular flexibility index (Phi) is 4.90. The van der Waals surface area contributed by atoms with Gasteiger partial charge < -0.3 is 9.84 Å². The molecule has 0 bridgehead atoms. The van der Waals surface area contributed by atoms with E-state index in [1.54, 1.807) is 6.07 Å². The van der Waals surface area contributed by atoms with Gasteiger partial charge in [0.1, 0.15) is 5.75 Å². The van der Waals surface area contributed by atoms with E-state index >= 15 is 0 Å². The Morgan fingerprint density at radius 2 is 1.76 bits per heavy atom. The van der Waals surface area contributed by atoms with Crippen LogP contribution in [0.3, 0.4) is 0 Å². The molecule has 110 valence electrons. The number of benzene rings is 2. The van der Waals surface area contributed by atoms with Gasteiger partial charge in [0.05, 0.1) is 21.6 Å². The molecule has 0 spiro atoms. The standard InChI is InChI=1S/C13H8Cl3NO4/c14-9-3-8(2-1-7(9)6-18)21-13-5-11(16)10(15)4-12(13)17(19)20/h1-5,18H,6H2. The molecule has 2 aromatic rings. The number of ether oxygens (including phenoxy) is 1. The van der Waals surface area contributed by atoms with Crippen LogP contribution in [0.15, 0.2) is 30.3 Å². The smallest absolute Gasteiger partial charge is 0.313 e. The van der Waals surface area contributed by atoms with Crippen LogP contribution in [0.2, 0.25) is 15.1 Å². The van der Waals surface area contributed by atoms with Gasteiger partial charge in [0.25, 0.3) is 0 Å². The number of hydrogen-bond acceptors (Lipinski definition) is 4. The Balaban J connectivity index is 2.41. The molecule has 1 N–H and O–H groups in total. The van der Waals surface area contributed by atoms with Gasteiger partial charge in [-0.15, -0.1) is 0 Å². The van der Waals surface area contributed by atoms with Crippen molar-refractivity contribution in [2.45, 2.75) is 6.61 Å². The van der Waals surface area contributed by atoms with Crippen molar-refractivity contribution in [2.24, 2.45) is 0 Å². The molecule has 0 aliphatic rings. The van der Waals surface area contributed by atoms with E-state index in [0.717, 1.165) is 6.07 Å². The van der Waals surface area contributed by atoms with Crippen LogP contribution in [-0.4, -0.2) is 10.0 Å². The van der Waals surface area contributed by atoms with Gasteiger partial charge in [-0.3, -0.25) is 10.1 Å². The first kappa shape index (κ1) is 15.9.